The molecule has 0 aromatic carbocycles. The van der Waals surface area contributed by atoms with Crippen LogP contribution >= 0.6 is 31.9 Å². The predicted molar refractivity (Wildman–Crippen MR) is 51.5 cm³/mol. The SMILES string of the molecule is NCC1(Br)C=C(Br)C=CC1. The molecule has 1 rings (SSSR count). The number of rotatable bonds is 1. The van der Waals surface area contributed by atoms with Crippen molar-refractivity contribution in [2.24, 2.45) is 5.73 Å². The molecular weight excluding hydrogens is 258 g/mol. The van der Waals surface area contributed by atoms with Gasteiger partial charge in [0.2, 0.25) is 0 Å². The van der Waals surface area contributed by atoms with E-state index < -0.39 is 0 Å². The molecule has 0 radical (unpaired) electrons. The minimum absolute atomic E-state index is 0.0133. The second-order valence-corrected chi connectivity index (χ2v) is 4.87. The van der Waals surface area contributed by atoms with Gasteiger partial charge >= 0.3 is 0 Å². The van der Waals surface area contributed by atoms with Crippen LogP contribution in [0.3, 0.4) is 0 Å². The number of allylic oxidation sites excluding steroid dienone is 3. The minimum Gasteiger partial charge on any atom is -0.329 e. The lowest BCUT2D eigenvalue weighted by Crippen LogP contribution is -2.29. The Morgan fingerprint density at radius 2 is 2.40 bits per heavy atom. The van der Waals surface area contributed by atoms with Crippen LogP contribution in [0.25, 0.3) is 0 Å². The molecule has 0 amide bonds. The number of nitrogens with two attached hydrogens (primary N) is 1. The molecule has 0 bridgehead atoms. The van der Waals surface area contributed by atoms with Crippen LogP contribution in [-0.2, 0) is 0 Å². The second kappa shape index (κ2) is 3.20. The van der Waals surface area contributed by atoms with Gasteiger partial charge < -0.3 is 5.73 Å². The highest BCUT2D eigenvalue weighted by atomic mass is 79.9. The molecule has 0 fully saturated rings. The van der Waals surface area contributed by atoms with Gasteiger partial charge in [-0.3, -0.25) is 0 Å². The molecular formula is C7H9Br2N. The van der Waals surface area contributed by atoms with Crippen molar-refractivity contribution in [3.05, 3.63) is 22.7 Å². The molecule has 0 aromatic heterocycles. The van der Waals surface area contributed by atoms with Gasteiger partial charge in [0, 0.05) is 11.0 Å². The molecule has 1 unspecified atom stereocenters. The molecule has 3 heteroatoms. The lowest BCUT2D eigenvalue weighted by Gasteiger charge is -2.22. The van der Waals surface area contributed by atoms with E-state index in [4.69, 9.17) is 5.73 Å². The molecule has 0 spiro atoms. The van der Waals surface area contributed by atoms with Gasteiger partial charge in [0.15, 0.2) is 0 Å². The smallest absolute Gasteiger partial charge is 0.0606 e. The summed E-state index contributed by atoms with van der Waals surface area (Å²) < 4.78 is 1.08. The van der Waals surface area contributed by atoms with E-state index in [0.717, 1.165) is 10.9 Å². The van der Waals surface area contributed by atoms with Crippen molar-refractivity contribution < 1.29 is 0 Å². The molecule has 56 valence electrons. The standard InChI is InChI=1S/C7H9Br2N/c8-6-2-1-3-7(9,4-6)5-10/h1-2,4H,3,5,10H2. The van der Waals surface area contributed by atoms with E-state index >= 15 is 0 Å². The van der Waals surface area contributed by atoms with Crippen molar-refractivity contribution in [2.45, 2.75) is 10.7 Å². The van der Waals surface area contributed by atoms with Gasteiger partial charge in [0.25, 0.3) is 0 Å². The van der Waals surface area contributed by atoms with Crippen LogP contribution in [-0.4, -0.2) is 10.9 Å². The minimum atomic E-state index is -0.0133. The normalized spacial score (nSPS) is 32.1. The topological polar surface area (TPSA) is 26.0 Å². The maximum Gasteiger partial charge on any atom is 0.0606 e. The molecule has 1 aliphatic rings. The molecule has 1 nitrogen and oxygen atoms in total. The summed E-state index contributed by atoms with van der Waals surface area (Å²) >= 11 is 6.95. The Bertz CT molecular complexity index is 186. The van der Waals surface area contributed by atoms with Crippen molar-refractivity contribution in [1.82, 2.24) is 0 Å². The highest BCUT2D eigenvalue weighted by Crippen LogP contribution is 2.30. The van der Waals surface area contributed by atoms with E-state index in [1.165, 1.54) is 0 Å². The number of alkyl halides is 1. The van der Waals surface area contributed by atoms with Gasteiger partial charge in [-0.25, -0.2) is 0 Å². The highest BCUT2D eigenvalue weighted by molar-refractivity contribution is 9.12. The van der Waals surface area contributed by atoms with E-state index in [1.54, 1.807) is 0 Å². The van der Waals surface area contributed by atoms with Gasteiger partial charge in [-0.2, -0.15) is 0 Å². The summed E-state index contributed by atoms with van der Waals surface area (Å²) in [5, 5.41) is 0. The van der Waals surface area contributed by atoms with Crippen molar-refractivity contribution in [2.75, 3.05) is 6.54 Å². The summed E-state index contributed by atoms with van der Waals surface area (Å²) in [6.45, 7) is 0.631. The van der Waals surface area contributed by atoms with Gasteiger partial charge in [-0.1, -0.05) is 50.1 Å². The summed E-state index contributed by atoms with van der Waals surface area (Å²) in [6, 6.07) is 0. The molecule has 0 aromatic rings. The Hall–Kier alpha value is 0.400. The van der Waals surface area contributed by atoms with Gasteiger partial charge in [-0.15, -0.1) is 0 Å². The Morgan fingerprint density at radius 3 is 2.80 bits per heavy atom. The van der Waals surface area contributed by atoms with Gasteiger partial charge in [0.05, 0.1) is 4.32 Å². The molecule has 10 heavy (non-hydrogen) atoms. The first-order valence-corrected chi connectivity index (χ1v) is 4.69. The lowest BCUT2D eigenvalue weighted by molar-refractivity contribution is 0.739. The average molecular weight is 267 g/mol. The maximum absolute atomic E-state index is 5.55. The fourth-order valence-corrected chi connectivity index (χ4v) is 2.23. The summed E-state index contributed by atoms with van der Waals surface area (Å²) in [4.78, 5) is 0. The van der Waals surface area contributed by atoms with Gasteiger partial charge in [0.1, 0.15) is 0 Å². The van der Waals surface area contributed by atoms with E-state index in [-0.39, 0.29) is 4.32 Å². The van der Waals surface area contributed by atoms with Crippen LogP contribution < -0.4 is 5.73 Å². The molecule has 0 heterocycles. The fraction of sp³-hybridized carbons (Fsp3) is 0.429. The molecule has 0 saturated heterocycles. The van der Waals surface area contributed by atoms with Crippen molar-refractivity contribution in [3.63, 3.8) is 0 Å². The van der Waals surface area contributed by atoms with Crippen LogP contribution in [0.15, 0.2) is 22.7 Å². The van der Waals surface area contributed by atoms with E-state index in [9.17, 15) is 0 Å². The monoisotopic (exact) mass is 265 g/mol. The average Bonchev–Trinajstić information content (AvgIpc) is 1.88. The maximum atomic E-state index is 5.55. The second-order valence-electron chi connectivity index (χ2n) is 2.37. The van der Waals surface area contributed by atoms with Crippen LogP contribution in [0.4, 0.5) is 0 Å². The Morgan fingerprint density at radius 1 is 1.70 bits per heavy atom. The van der Waals surface area contributed by atoms with Crippen LogP contribution in [0.1, 0.15) is 6.42 Å². The number of hydrogen-bond donors (Lipinski definition) is 1. The zero-order valence-corrected chi connectivity index (χ0v) is 8.65. The van der Waals surface area contributed by atoms with Crippen molar-refractivity contribution >= 4 is 31.9 Å². The van der Waals surface area contributed by atoms with Gasteiger partial charge in [-0.05, 0) is 6.42 Å². The van der Waals surface area contributed by atoms with Crippen molar-refractivity contribution in [3.8, 4) is 0 Å². The molecule has 0 saturated carbocycles. The van der Waals surface area contributed by atoms with E-state index in [2.05, 4.69) is 44.0 Å². The van der Waals surface area contributed by atoms with Crippen molar-refractivity contribution in [1.29, 1.82) is 0 Å². The Labute approximate surface area is 77.6 Å². The zero-order valence-electron chi connectivity index (χ0n) is 5.48. The first-order chi connectivity index (χ1) is 4.66. The quantitative estimate of drug-likeness (QED) is 0.725. The summed E-state index contributed by atoms with van der Waals surface area (Å²) in [6.07, 6.45) is 7.20. The Balaban J connectivity index is 2.76. The first kappa shape index (κ1) is 8.50. The third-order valence-corrected chi connectivity index (χ3v) is 2.84. The fourth-order valence-electron chi connectivity index (χ4n) is 0.864. The third kappa shape index (κ3) is 1.94. The molecule has 1 aliphatic carbocycles. The van der Waals surface area contributed by atoms with E-state index in [0.29, 0.717) is 6.54 Å². The summed E-state index contributed by atoms with van der Waals surface area (Å²) in [5.41, 5.74) is 5.55. The number of halogens is 2. The largest absolute Gasteiger partial charge is 0.329 e. The predicted octanol–water partition coefficient (Wildman–Crippen LogP) is 2.32. The Kier molecular flexibility index (Phi) is 2.72. The lowest BCUT2D eigenvalue weighted by atomic mass is 10.0. The zero-order chi connectivity index (χ0) is 7.61. The third-order valence-electron chi connectivity index (χ3n) is 1.47. The van der Waals surface area contributed by atoms with Crippen LogP contribution in [0, 0.1) is 0 Å². The number of hydrogen-bond acceptors (Lipinski definition) is 1. The highest BCUT2D eigenvalue weighted by Gasteiger charge is 2.22. The van der Waals surface area contributed by atoms with Crippen LogP contribution in [0.5, 0.6) is 0 Å². The molecule has 0 aliphatic heterocycles. The van der Waals surface area contributed by atoms with E-state index in [1.807, 2.05) is 6.08 Å². The summed E-state index contributed by atoms with van der Waals surface area (Å²) in [7, 11) is 0. The molecule has 1 atom stereocenters. The van der Waals surface area contributed by atoms with Crippen LogP contribution in [0.2, 0.25) is 0 Å². The first-order valence-electron chi connectivity index (χ1n) is 3.10. The summed E-state index contributed by atoms with van der Waals surface area (Å²) in [5.74, 6) is 0. The molecule has 2 N–H and O–H groups in total.